The van der Waals surface area contributed by atoms with Crippen molar-refractivity contribution < 1.29 is 9.53 Å². The largest absolute Gasteiger partial charge is 0.378 e. The lowest BCUT2D eigenvalue weighted by atomic mass is 9.97. The summed E-state index contributed by atoms with van der Waals surface area (Å²) in [5.74, 6) is 0.00737. The number of amides is 1. The summed E-state index contributed by atoms with van der Waals surface area (Å²) in [4.78, 5) is 22.2. The van der Waals surface area contributed by atoms with Gasteiger partial charge in [-0.05, 0) is 51.3 Å². The maximum absolute atomic E-state index is 12.6. The maximum Gasteiger partial charge on any atom is 0.251 e. The summed E-state index contributed by atoms with van der Waals surface area (Å²) in [7, 11) is 0. The van der Waals surface area contributed by atoms with Crippen LogP contribution in [0.5, 0.6) is 0 Å². The summed E-state index contributed by atoms with van der Waals surface area (Å²) < 4.78 is 6.49. The molecule has 2 atom stereocenters. The first-order valence-electron chi connectivity index (χ1n) is 10.9. The molecule has 6 nitrogen and oxygen atoms in total. The van der Waals surface area contributed by atoms with E-state index in [0.29, 0.717) is 18.6 Å². The van der Waals surface area contributed by atoms with Gasteiger partial charge in [0.1, 0.15) is 0 Å². The number of hydrogen-bond donors (Lipinski definition) is 1. The Morgan fingerprint density at radius 1 is 1.24 bits per heavy atom. The molecule has 2 aliphatic rings. The van der Waals surface area contributed by atoms with Crippen molar-refractivity contribution in [3.8, 4) is 0 Å². The highest BCUT2D eigenvalue weighted by Gasteiger charge is 2.23. The average molecular weight is 417 g/mol. The standard InChI is InChI=1S/C22H32N4O2S/c1-16-5-3-6-17(2)26(16)10-4-9-23-21(27)18-7-8-19-20(15-18)29-22(24-19)25-11-13-28-14-12-25/h7-8,15-17H,3-6,9-14H2,1-2H3,(H,23,27)/t16-,17+. The number of morpholine rings is 1. The minimum absolute atomic E-state index is 0.00737. The summed E-state index contributed by atoms with van der Waals surface area (Å²) in [5, 5.41) is 4.11. The molecule has 0 unspecified atom stereocenters. The molecule has 1 aromatic carbocycles. The molecule has 2 aliphatic heterocycles. The summed E-state index contributed by atoms with van der Waals surface area (Å²) in [6, 6.07) is 7.13. The molecule has 0 bridgehead atoms. The zero-order valence-electron chi connectivity index (χ0n) is 17.5. The van der Waals surface area contributed by atoms with Gasteiger partial charge >= 0.3 is 0 Å². The van der Waals surface area contributed by atoms with Crippen LogP contribution in [0, 0.1) is 0 Å². The fourth-order valence-electron chi connectivity index (χ4n) is 4.42. The minimum Gasteiger partial charge on any atom is -0.378 e. The summed E-state index contributed by atoms with van der Waals surface area (Å²) in [5.41, 5.74) is 1.68. The number of aromatic nitrogens is 1. The number of ether oxygens (including phenoxy) is 1. The van der Waals surface area contributed by atoms with E-state index in [1.807, 2.05) is 18.2 Å². The minimum atomic E-state index is 0.00737. The van der Waals surface area contributed by atoms with Crippen molar-refractivity contribution in [2.24, 2.45) is 0 Å². The van der Waals surface area contributed by atoms with E-state index in [1.165, 1.54) is 19.3 Å². The van der Waals surface area contributed by atoms with Gasteiger partial charge in [-0.25, -0.2) is 4.98 Å². The fourth-order valence-corrected chi connectivity index (χ4v) is 5.48. The van der Waals surface area contributed by atoms with Crippen LogP contribution < -0.4 is 10.2 Å². The molecule has 1 N–H and O–H groups in total. The van der Waals surface area contributed by atoms with E-state index in [2.05, 4.69) is 29.0 Å². The smallest absolute Gasteiger partial charge is 0.251 e. The number of likely N-dealkylation sites (tertiary alicyclic amines) is 1. The van der Waals surface area contributed by atoms with E-state index in [0.717, 1.165) is 60.2 Å². The molecule has 2 aromatic rings. The molecule has 0 saturated carbocycles. The Morgan fingerprint density at radius 3 is 2.76 bits per heavy atom. The topological polar surface area (TPSA) is 57.7 Å². The molecule has 0 radical (unpaired) electrons. The number of rotatable bonds is 6. The second kappa shape index (κ2) is 9.41. The highest BCUT2D eigenvalue weighted by atomic mass is 32.1. The Morgan fingerprint density at radius 2 is 2.00 bits per heavy atom. The second-order valence-corrected chi connectivity index (χ2v) is 9.26. The third-order valence-electron chi connectivity index (χ3n) is 6.18. The van der Waals surface area contributed by atoms with Crippen molar-refractivity contribution in [3.63, 3.8) is 0 Å². The van der Waals surface area contributed by atoms with Crippen molar-refractivity contribution in [2.75, 3.05) is 44.3 Å². The molecule has 3 heterocycles. The van der Waals surface area contributed by atoms with Gasteiger partial charge < -0.3 is 15.0 Å². The molecule has 7 heteroatoms. The predicted molar refractivity (Wildman–Crippen MR) is 119 cm³/mol. The van der Waals surface area contributed by atoms with Gasteiger partial charge in [-0.15, -0.1) is 0 Å². The van der Waals surface area contributed by atoms with Gasteiger partial charge in [0.15, 0.2) is 5.13 Å². The lowest BCUT2D eigenvalue weighted by Gasteiger charge is -2.39. The zero-order valence-corrected chi connectivity index (χ0v) is 18.3. The van der Waals surface area contributed by atoms with Gasteiger partial charge in [0, 0.05) is 43.8 Å². The molecule has 158 valence electrons. The number of carbonyl (C=O) groups excluding carboxylic acids is 1. The van der Waals surface area contributed by atoms with Crippen LogP contribution in [0.25, 0.3) is 10.2 Å². The second-order valence-electron chi connectivity index (χ2n) is 8.25. The molecular weight excluding hydrogens is 384 g/mol. The van der Waals surface area contributed by atoms with Crippen LogP contribution in [0.3, 0.4) is 0 Å². The van der Waals surface area contributed by atoms with Crippen molar-refractivity contribution in [1.82, 2.24) is 15.2 Å². The molecule has 29 heavy (non-hydrogen) atoms. The van der Waals surface area contributed by atoms with Crippen LogP contribution in [-0.2, 0) is 4.74 Å². The number of nitrogens with one attached hydrogen (secondary N) is 1. The quantitative estimate of drug-likeness (QED) is 0.730. The zero-order chi connectivity index (χ0) is 20.2. The van der Waals surface area contributed by atoms with Gasteiger partial charge in [0.2, 0.25) is 0 Å². The number of hydrogen-bond acceptors (Lipinski definition) is 6. The summed E-state index contributed by atoms with van der Waals surface area (Å²) >= 11 is 1.66. The van der Waals surface area contributed by atoms with E-state index in [4.69, 9.17) is 9.72 Å². The van der Waals surface area contributed by atoms with E-state index >= 15 is 0 Å². The molecule has 2 saturated heterocycles. The molecule has 0 aliphatic carbocycles. The number of carbonyl (C=O) groups is 1. The monoisotopic (exact) mass is 416 g/mol. The highest BCUT2D eigenvalue weighted by molar-refractivity contribution is 7.22. The molecule has 1 amide bonds. The number of piperidine rings is 1. The third kappa shape index (κ3) is 4.90. The van der Waals surface area contributed by atoms with Crippen LogP contribution >= 0.6 is 11.3 Å². The predicted octanol–water partition coefficient (Wildman–Crippen LogP) is 3.52. The molecule has 2 fully saturated rings. The normalized spacial score (nSPS) is 23.4. The van der Waals surface area contributed by atoms with E-state index in [9.17, 15) is 4.79 Å². The van der Waals surface area contributed by atoms with Crippen molar-refractivity contribution in [2.45, 2.75) is 51.6 Å². The van der Waals surface area contributed by atoms with Gasteiger partial charge in [-0.2, -0.15) is 0 Å². The average Bonchev–Trinajstić information content (AvgIpc) is 3.17. The number of anilines is 1. The van der Waals surface area contributed by atoms with Crippen LogP contribution in [0.15, 0.2) is 18.2 Å². The molecule has 0 spiro atoms. The van der Waals surface area contributed by atoms with Crippen molar-refractivity contribution in [3.05, 3.63) is 23.8 Å². The Bertz CT molecular complexity index is 823. The van der Waals surface area contributed by atoms with Crippen molar-refractivity contribution >= 4 is 32.6 Å². The molecule has 1 aromatic heterocycles. The Kier molecular flexibility index (Phi) is 6.67. The van der Waals surface area contributed by atoms with Crippen LogP contribution in [0.2, 0.25) is 0 Å². The van der Waals surface area contributed by atoms with Gasteiger partial charge in [-0.1, -0.05) is 17.8 Å². The summed E-state index contributed by atoms with van der Waals surface area (Å²) in [6.45, 7) is 9.67. The Labute approximate surface area is 177 Å². The van der Waals surface area contributed by atoms with Crippen molar-refractivity contribution in [1.29, 1.82) is 0 Å². The highest BCUT2D eigenvalue weighted by Crippen LogP contribution is 2.30. The van der Waals surface area contributed by atoms with E-state index in [-0.39, 0.29) is 5.91 Å². The van der Waals surface area contributed by atoms with Gasteiger partial charge in [0.25, 0.3) is 5.91 Å². The van der Waals surface area contributed by atoms with Crippen LogP contribution in [-0.4, -0.2) is 67.3 Å². The number of nitrogens with zero attached hydrogens (tertiary/aromatic N) is 3. The lowest BCUT2D eigenvalue weighted by molar-refractivity contribution is 0.0925. The van der Waals surface area contributed by atoms with E-state index < -0.39 is 0 Å². The Balaban J connectivity index is 1.31. The number of benzene rings is 1. The first kappa shape index (κ1) is 20.6. The molecule has 4 rings (SSSR count). The van der Waals surface area contributed by atoms with Gasteiger partial charge in [-0.3, -0.25) is 9.69 Å². The van der Waals surface area contributed by atoms with E-state index in [1.54, 1.807) is 11.3 Å². The summed E-state index contributed by atoms with van der Waals surface area (Å²) in [6.07, 6.45) is 4.91. The maximum atomic E-state index is 12.6. The SMILES string of the molecule is C[C@@H]1CCC[C@H](C)N1CCCNC(=O)c1ccc2nc(N3CCOCC3)sc2c1. The first-order valence-corrected chi connectivity index (χ1v) is 11.7. The molecular formula is C22H32N4O2S. The van der Waals surface area contributed by atoms with Gasteiger partial charge in [0.05, 0.1) is 23.4 Å². The number of thiazole rings is 1. The first-order chi connectivity index (χ1) is 14.1. The number of fused-ring (bicyclic) bond motifs is 1. The fraction of sp³-hybridized carbons (Fsp3) is 0.636. The Hall–Kier alpha value is -1.70. The lowest BCUT2D eigenvalue weighted by Crippen LogP contribution is -2.44. The van der Waals surface area contributed by atoms with Crippen LogP contribution in [0.4, 0.5) is 5.13 Å². The van der Waals surface area contributed by atoms with Crippen LogP contribution in [0.1, 0.15) is 49.9 Å². The third-order valence-corrected chi connectivity index (χ3v) is 7.25.